The van der Waals surface area contributed by atoms with Gasteiger partial charge in [0.1, 0.15) is 0 Å². The quantitative estimate of drug-likeness (QED) is 0.501. The number of hydrogen-bond acceptors (Lipinski definition) is 6. The first kappa shape index (κ1) is 19.0. The van der Waals surface area contributed by atoms with Gasteiger partial charge in [0.2, 0.25) is 11.0 Å². The van der Waals surface area contributed by atoms with Crippen molar-refractivity contribution in [3.63, 3.8) is 0 Å². The van der Waals surface area contributed by atoms with Crippen molar-refractivity contribution in [1.29, 1.82) is 0 Å². The number of unbranched alkanes of at least 4 members (excludes halogenated alkanes) is 1. The van der Waals surface area contributed by atoms with Gasteiger partial charge >= 0.3 is 0 Å². The molecule has 0 aliphatic carbocycles. The molecule has 0 radical (unpaired) electrons. The Labute approximate surface area is 155 Å². The predicted octanol–water partition coefficient (Wildman–Crippen LogP) is 4.20. The topological polar surface area (TPSA) is 66.9 Å². The molecule has 1 unspecified atom stereocenters. The molecule has 130 valence electrons. The molecule has 5 nitrogen and oxygen atoms in total. The fourth-order valence-corrected chi connectivity index (χ4v) is 4.02. The van der Waals surface area contributed by atoms with E-state index in [1.54, 1.807) is 0 Å². The molecule has 1 aromatic carbocycles. The second-order valence-electron chi connectivity index (χ2n) is 5.22. The van der Waals surface area contributed by atoms with Gasteiger partial charge in [-0.05, 0) is 25.0 Å². The third-order valence-corrected chi connectivity index (χ3v) is 5.70. The third-order valence-electron chi connectivity index (χ3n) is 3.27. The molecule has 0 saturated carbocycles. The number of thioether (sulfide) groups is 1. The first-order chi connectivity index (χ1) is 11.6. The highest BCUT2D eigenvalue weighted by Crippen LogP contribution is 2.29. The van der Waals surface area contributed by atoms with Gasteiger partial charge in [0.05, 0.1) is 5.25 Å². The number of nitrogens with one attached hydrogen (secondary N) is 2. The molecule has 24 heavy (non-hydrogen) atoms. The average molecular weight is 385 g/mol. The molecule has 0 aliphatic rings. The second kappa shape index (κ2) is 9.86. The fourth-order valence-electron chi connectivity index (χ4n) is 1.87. The van der Waals surface area contributed by atoms with E-state index >= 15 is 0 Å². The Bertz CT molecular complexity index is 665. The van der Waals surface area contributed by atoms with Crippen LogP contribution >= 0.6 is 34.7 Å². The van der Waals surface area contributed by atoms with Crippen molar-refractivity contribution < 1.29 is 4.79 Å². The van der Waals surface area contributed by atoms with E-state index in [0.717, 1.165) is 34.4 Å². The van der Waals surface area contributed by atoms with Crippen molar-refractivity contribution in [3.8, 4) is 0 Å². The van der Waals surface area contributed by atoms with Gasteiger partial charge in [-0.3, -0.25) is 4.79 Å². The number of anilines is 1. The number of halogens is 1. The zero-order chi connectivity index (χ0) is 17.4. The van der Waals surface area contributed by atoms with Crippen LogP contribution in [0.4, 0.5) is 5.13 Å². The minimum atomic E-state index is -0.246. The van der Waals surface area contributed by atoms with E-state index in [4.69, 9.17) is 11.6 Å². The van der Waals surface area contributed by atoms with Crippen LogP contribution in [-0.2, 0) is 11.3 Å². The number of carbonyl (C=O) groups excluding carboxylic acids is 1. The van der Waals surface area contributed by atoms with Crippen LogP contribution in [0.3, 0.4) is 0 Å². The summed E-state index contributed by atoms with van der Waals surface area (Å²) in [6.45, 7) is 5.32. The molecule has 1 atom stereocenters. The Morgan fingerprint density at radius 2 is 2.17 bits per heavy atom. The van der Waals surface area contributed by atoms with Gasteiger partial charge in [-0.25, -0.2) is 0 Å². The van der Waals surface area contributed by atoms with Crippen molar-refractivity contribution in [2.75, 3.05) is 11.9 Å². The molecule has 0 fully saturated rings. The van der Waals surface area contributed by atoms with E-state index in [9.17, 15) is 4.79 Å². The number of amides is 1. The van der Waals surface area contributed by atoms with Crippen molar-refractivity contribution in [2.24, 2.45) is 0 Å². The maximum Gasteiger partial charge on any atom is 0.233 e. The first-order valence-corrected chi connectivity index (χ1v) is 9.92. The van der Waals surface area contributed by atoms with Crippen LogP contribution < -0.4 is 10.6 Å². The van der Waals surface area contributed by atoms with Crippen LogP contribution in [-0.4, -0.2) is 27.9 Å². The van der Waals surface area contributed by atoms with Crippen LogP contribution in [0.1, 0.15) is 32.3 Å². The molecule has 1 amide bonds. The Morgan fingerprint density at radius 3 is 2.92 bits per heavy atom. The maximum absolute atomic E-state index is 12.2. The van der Waals surface area contributed by atoms with Gasteiger partial charge in [0.15, 0.2) is 4.34 Å². The van der Waals surface area contributed by atoms with Gasteiger partial charge in [0.25, 0.3) is 0 Å². The lowest BCUT2D eigenvalue weighted by Gasteiger charge is -2.11. The number of benzene rings is 1. The predicted molar refractivity (Wildman–Crippen MR) is 102 cm³/mol. The van der Waals surface area contributed by atoms with Gasteiger partial charge in [0, 0.05) is 18.1 Å². The molecule has 1 heterocycles. The second-order valence-corrected chi connectivity index (χ2v) is 8.20. The number of carbonyl (C=O) groups is 1. The van der Waals surface area contributed by atoms with E-state index < -0.39 is 0 Å². The highest BCUT2D eigenvalue weighted by Gasteiger charge is 2.17. The monoisotopic (exact) mass is 384 g/mol. The highest BCUT2D eigenvalue weighted by atomic mass is 35.5. The SMILES string of the molecule is CCCCNc1nnc(SC(C)C(=O)NCc2ccccc2Cl)s1. The number of aromatic nitrogens is 2. The zero-order valence-corrected chi connectivity index (χ0v) is 16.1. The molecule has 2 aromatic rings. The van der Waals surface area contributed by atoms with Crippen LogP contribution in [0.2, 0.25) is 5.02 Å². The lowest BCUT2D eigenvalue weighted by molar-refractivity contribution is -0.120. The lowest BCUT2D eigenvalue weighted by atomic mass is 10.2. The number of hydrogen-bond donors (Lipinski definition) is 2. The Kier molecular flexibility index (Phi) is 7.81. The molecule has 0 bridgehead atoms. The largest absolute Gasteiger partial charge is 0.360 e. The standard InChI is InChI=1S/C16H21ClN4OS2/c1-3-4-9-18-15-20-21-16(24-15)23-11(2)14(22)19-10-12-7-5-6-8-13(12)17/h5-8,11H,3-4,9-10H2,1-2H3,(H,18,20)(H,19,22). The van der Waals surface area contributed by atoms with Crippen LogP contribution in [0.5, 0.6) is 0 Å². The van der Waals surface area contributed by atoms with Gasteiger partial charge in [-0.15, -0.1) is 10.2 Å². The summed E-state index contributed by atoms with van der Waals surface area (Å²) in [6, 6.07) is 7.49. The van der Waals surface area contributed by atoms with Crippen LogP contribution in [0, 0.1) is 0 Å². The summed E-state index contributed by atoms with van der Waals surface area (Å²) in [7, 11) is 0. The summed E-state index contributed by atoms with van der Waals surface area (Å²) in [5.74, 6) is -0.0457. The Hall–Kier alpha value is -1.31. The minimum Gasteiger partial charge on any atom is -0.360 e. The summed E-state index contributed by atoms with van der Waals surface area (Å²) in [5, 5.41) is 15.6. The number of rotatable bonds is 9. The molecule has 0 saturated heterocycles. The minimum absolute atomic E-state index is 0.0457. The molecule has 8 heteroatoms. The van der Waals surface area contributed by atoms with Crippen molar-refractivity contribution in [1.82, 2.24) is 15.5 Å². The summed E-state index contributed by atoms with van der Waals surface area (Å²) in [5.41, 5.74) is 0.906. The molecular weight excluding hydrogens is 364 g/mol. The molecule has 1 aromatic heterocycles. The van der Waals surface area contributed by atoms with Gasteiger partial charge in [-0.1, -0.05) is 66.2 Å². The third kappa shape index (κ3) is 5.96. The Balaban J connectivity index is 1.80. The average Bonchev–Trinajstić information content (AvgIpc) is 3.01. The lowest BCUT2D eigenvalue weighted by Crippen LogP contribution is -2.30. The van der Waals surface area contributed by atoms with Crippen LogP contribution in [0.25, 0.3) is 0 Å². The molecular formula is C16H21ClN4OS2. The smallest absolute Gasteiger partial charge is 0.233 e. The normalized spacial score (nSPS) is 12.0. The molecule has 2 rings (SSSR count). The molecule has 0 spiro atoms. The van der Waals surface area contributed by atoms with Crippen molar-refractivity contribution >= 4 is 45.7 Å². The summed E-state index contributed by atoms with van der Waals surface area (Å²) in [4.78, 5) is 12.2. The first-order valence-electron chi connectivity index (χ1n) is 7.85. The summed E-state index contributed by atoms with van der Waals surface area (Å²) < 4.78 is 0.786. The molecule has 2 N–H and O–H groups in total. The number of nitrogens with zero attached hydrogens (tertiary/aromatic N) is 2. The highest BCUT2D eigenvalue weighted by molar-refractivity contribution is 8.02. The zero-order valence-electron chi connectivity index (χ0n) is 13.7. The maximum atomic E-state index is 12.2. The van der Waals surface area contributed by atoms with Gasteiger partial charge < -0.3 is 10.6 Å². The van der Waals surface area contributed by atoms with E-state index in [-0.39, 0.29) is 11.2 Å². The summed E-state index contributed by atoms with van der Waals surface area (Å²) >= 11 is 8.98. The molecule has 0 aliphatic heterocycles. The van der Waals surface area contributed by atoms with E-state index in [1.165, 1.54) is 23.1 Å². The van der Waals surface area contributed by atoms with E-state index in [1.807, 2.05) is 31.2 Å². The van der Waals surface area contributed by atoms with Crippen molar-refractivity contribution in [2.45, 2.75) is 42.8 Å². The van der Waals surface area contributed by atoms with E-state index in [2.05, 4.69) is 27.8 Å². The summed E-state index contributed by atoms with van der Waals surface area (Å²) in [6.07, 6.45) is 2.24. The van der Waals surface area contributed by atoms with Crippen molar-refractivity contribution in [3.05, 3.63) is 34.9 Å². The Morgan fingerprint density at radius 1 is 1.38 bits per heavy atom. The van der Waals surface area contributed by atoms with Gasteiger partial charge in [-0.2, -0.15) is 0 Å². The van der Waals surface area contributed by atoms with Crippen LogP contribution in [0.15, 0.2) is 28.6 Å². The van der Waals surface area contributed by atoms with E-state index in [0.29, 0.717) is 11.6 Å². The fraction of sp³-hybridized carbons (Fsp3) is 0.438.